The molecule has 302 valence electrons. The maximum absolute atomic E-state index is 13.6. The van der Waals surface area contributed by atoms with Gasteiger partial charge in [-0.05, 0) is 31.5 Å². The largest absolute Gasteiger partial charge is 0.480 e. The van der Waals surface area contributed by atoms with Crippen molar-refractivity contribution in [1.29, 1.82) is 0 Å². The number of hydrazine groups is 1. The van der Waals surface area contributed by atoms with Gasteiger partial charge in [0.2, 0.25) is 29.5 Å². The number of amides is 5. The molecule has 0 aliphatic carbocycles. The molecule has 1 aromatic carbocycles. The summed E-state index contributed by atoms with van der Waals surface area (Å²) in [7, 11) is 9.50. The summed E-state index contributed by atoms with van der Waals surface area (Å²) in [6.45, 7) is 1.88. The Morgan fingerprint density at radius 1 is 0.778 bits per heavy atom. The van der Waals surface area contributed by atoms with Gasteiger partial charge >= 0.3 is 5.97 Å². The molecule has 0 fully saturated rings. The van der Waals surface area contributed by atoms with E-state index in [1.165, 1.54) is 50.0 Å². The van der Waals surface area contributed by atoms with E-state index in [1.807, 2.05) is 43.4 Å². The number of nitrogens with zero attached hydrogens (tertiary/aromatic N) is 6. The van der Waals surface area contributed by atoms with Gasteiger partial charge in [-0.1, -0.05) is 18.2 Å². The number of hydrogen-bond acceptors (Lipinski definition) is 11. The van der Waals surface area contributed by atoms with E-state index in [9.17, 15) is 33.9 Å². The molecular weight excluding hydrogens is 704 g/mol. The Morgan fingerprint density at radius 3 is 1.91 bits per heavy atom. The molecule has 5 amide bonds. The number of benzene rings is 1. The standard InChI is InChI=1S/C36H58N8O10/c1-27(36(50)51)40(4)32(46)13-14-41(16-19-52-5)34(48)25-43(18-21-54-7)35(49)26-42(17-20-53-6)33(47)23-38-31(45)12-15-44-29(24-39(3)37-2)22-28-10-8-9-11-30(28)44/h8-11,22,27,37H,12-21,23-26H2,1-7H3,(H,38,45)(H,50,51). The summed E-state index contributed by atoms with van der Waals surface area (Å²) >= 11 is 0. The van der Waals surface area contributed by atoms with Gasteiger partial charge in [0.15, 0.2) is 0 Å². The summed E-state index contributed by atoms with van der Waals surface area (Å²) in [6, 6.07) is 8.95. The third-order valence-electron chi connectivity index (χ3n) is 9.01. The highest BCUT2D eigenvalue weighted by atomic mass is 16.5. The summed E-state index contributed by atoms with van der Waals surface area (Å²) in [5, 5.41) is 14.9. The van der Waals surface area contributed by atoms with Crippen LogP contribution in [0.1, 0.15) is 25.5 Å². The number of carbonyl (C=O) groups excluding carboxylic acids is 5. The Hall–Kier alpha value is -4.62. The summed E-state index contributed by atoms with van der Waals surface area (Å²) in [5.41, 5.74) is 5.10. The number of methoxy groups -OCH3 is 3. The second-order valence-corrected chi connectivity index (χ2v) is 12.7. The molecule has 54 heavy (non-hydrogen) atoms. The van der Waals surface area contributed by atoms with E-state index in [0.29, 0.717) is 13.1 Å². The van der Waals surface area contributed by atoms with Crippen molar-refractivity contribution in [2.24, 2.45) is 0 Å². The van der Waals surface area contributed by atoms with Crippen LogP contribution in [0.25, 0.3) is 10.9 Å². The van der Waals surface area contributed by atoms with Crippen LogP contribution in [0, 0.1) is 0 Å². The number of hydrogen-bond donors (Lipinski definition) is 3. The second-order valence-electron chi connectivity index (χ2n) is 12.7. The van der Waals surface area contributed by atoms with Gasteiger partial charge in [-0.25, -0.2) is 9.80 Å². The summed E-state index contributed by atoms with van der Waals surface area (Å²) < 4.78 is 17.6. The molecule has 0 saturated carbocycles. The number of carboxylic acid groups (broad SMARTS) is 1. The van der Waals surface area contributed by atoms with E-state index in [-0.39, 0.29) is 84.4 Å². The third kappa shape index (κ3) is 14.7. The number of carboxylic acids is 1. The van der Waals surface area contributed by atoms with Gasteiger partial charge < -0.3 is 48.8 Å². The summed E-state index contributed by atoms with van der Waals surface area (Å²) in [6.07, 6.45) is -0.0242. The first kappa shape index (κ1) is 45.5. The van der Waals surface area contributed by atoms with Gasteiger partial charge in [-0.2, -0.15) is 0 Å². The molecular formula is C36H58N8O10. The number of aromatic nitrogens is 1. The highest BCUT2D eigenvalue weighted by molar-refractivity contribution is 5.90. The average Bonchev–Trinajstić information content (AvgIpc) is 3.51. The SMILES string of the molecule is CNN(C)Cc1cc2ccccc2n1CCC(=O)NCC(=O)N(CCOC)CC(=O)N(CCOC)CC(=O)N(CCOC)CCC(=O)N(C)C(C)C(=O)O. The first-order valence-corrected chi connectivity index (χ1v) is 17.8. The predicted molar refractivity (Wildman–Crippen MR) is 200 cm³/mol. The lowest BCUT2D eigenvalue weighted by molar-refractivity contribution is -0.149. The van der Waals surface area contributed by atoms with Crippen LogP contribution in [-0.2, 0) is 56.1 Å². The molecule has 1 unspecified atom stereocenters. The molecule has 0 bridgehead atoms. The fourth-order valence-electron chi connectivity index (χ4n) is 5.44. The fraction of sp³-hybridized carbons (Fsp3) is 0.611. The quantitative estimate of drug-likeness (QED) is 0.104. The lowest BCUT2D eigenvalue weighted by Gasteiger charge is -2.30. The van der Waals surface area contributed by atoms with Crippen LogP contribution in [0.2, 0.25) is 0 Å². The molecule has 1 aromatic heterocycles. The van der Waals surface area contributed by atoms with E-state index in [1.54, 1.807) is 0 Å². The number of fused-ring (bicyclic) bond motifs is 1. The molecule has 2 aromatic rings. The Balaban J connectivity index is 2.09. The Bertz CT molecular complexity index is 1540. The number of carbonyl (C=O) groups is 6. The van der Waals surface area contributed by atoms with E-state index >= 15 is 0 Å². The van der Waals surface area contributed by atoms with Crippen molar-refractivity contribution >= 4 is 46.4 Å². The van der Waals surface area contributed by atoms with Crippen molar-refractivity contribution in [2.75, 3.05) is 108 Å². The molecule has 3 N–H and O–H groups in total. The molecule has 0 aliphatic rings. The molecule has 1 atom stereocenters. The number of nitrogens with one attached hydrogen (secondary N) is 2. The molecule has 0 radical (unpaired) electrons. The third-order valence-corrected chi connectivity index (χ3v) is 9.01. The minimum Gasteiger partial charge on any atom is -0.480 e. The normalized spacial score (nSPS) is 11.7. The zero-order chi connectivity index (χ0) is 40.2. The summed E-state index contributed by atoms with van der Waals surface area (Å²) in [4.78, 5) is 82.4. The minimum absolute atomic E-state index is 0.0307. The molecule has 18 heteroatoms. The smallest absolute Gasteiger partial charge is 0.326 e. The fourth-order valence-corrected chi connectivity index (χ4v) is 5.44. The van der Waals surface area contributed by atoms with E-state index < -0.39 is 35.6 Å². The van der Waals surface area contributed by atoms with Crippen molar-refractivity contribution in [1.82, 2.24) is 39.9 Å². The highest BCUT2D eigenvalue weighted by Crippen LogP contribution is 2.21. The van der Waals surface area contributed by atoms with E-state index in [2.05, 4.69) is 21.4 Å². The molecule has 0 saturated heterocycles. The first-order valence-electron chi connectivity index (χ1n) is 17.8. The monoisotopic (exact) mass is 762 g/mol. The van der Waals surface area contributed by atoms with Gasteiger partial charge in [0.1, 0.15) is 6.04 Å². The zero-order valence-corrected chi connectivity index (χ0v) is 32.7. The highest BCUT2D eigenvalue weighted by Gasteiger charge is 2.27. The lowest BCUT2D eigenvalue weighted by atomic mass is 10.2. The van der Waals surface area contributed by atoms with Crippen molar-refractivity contribution in [3.05, 3.63) is 36.0 Å². The molecule has 2 rings (SSSR count). The number of likely N-dealkylation sites (N-methyl/N-ethyl adjacent to an activating group) is 1. The second kappa shape index (κ2) is 23.9. The Kier molecular flexibility index (Phi) is 20.2. The van der Waals surface area contributed by atoms with Gasteiger partial charge in [0.05, 0.1) is 46.0 Å². The minimum atomic E-state index is -1.16. The lowest BCUT2D eigenvalue weighted by Crippen LogP contribution is -2.51. The van der Waals surface area contributed by atoms with Crippen LogP contribution < -0.4 is 10.7 Å². The first-order chi connectivity index (χ1) is 25.8. The van der Waals surface area contributed by atoms with E-state index in [0.717, 1.165) is 21.5 Å². The van der Waals surface area contributed by atoms with Crippen LogP contribution >= 0.6 is 0 Å². The number of para-hydroxylation sites is 1. The van der Waals surface area contributed by atoms with Crippen molar-refractivity contribution in [2.45, 2.75) is 38.9 Å². The van der Waals surface area contributed by atoms with E-state index in [4.69, 9.17) is 14.2 Å². The maximum atomic E-state index is 13.6. The average molecular weight is 763 g/mol. The molecule has 0 aliphatic heterocycles. The molecule has 0 spiro atoms. The zero-order valence-electron chi connectivity index (χ0n) is 32.7. The van der Waals surface area contributed by atoms with Crippen molar-refractivity contribution in [3.8, 4) is 0 Å². The Morgan fingerprint density at radius 2 is 1.33 bits per heavy atom. The predicted octanol–water partition coefficient (Wildman–Crippen LogP) is -0.540. The summed E-state index contributed by atoms with van der Waals surface area (Å²) in [5.74, 6) is -3.47. The number of rotatable bonds is 26. The van der Waals surface area contributed by atoms with Crippen LogP contribution in [0.15, 0.2) is 30.3 Å². The van der Waals surface area contributed by atoms with Crippen LogP contribution in [-0.4, -0.2) is 184 Å². The Labute approximate surface area is 317 Å². The maximum Gasteiger partial charge on any atom is 0.326 e. The van der Waals surface area contributed by atoms with Crippen molar-refractivity contribution in [3.63, 3.8) is 0 Å². The van der Waals surface area contributed by atoms with Crippen molar-refractivity contribution < 1.29 is 48.1 Å². The number of ether oxygens (including phenoxy) is 3. The topological polar surface area (TPSA) is 196 Å². The van der Waals surface area contributed by atoms with Gasteiger partial charge in [-0.3, -0.25) is 29.4 Å². The number of aliphatic carboxylic acids is 1. The van der Waals surface area contributed by atoms with Gasteiger partial charge in [0, 0.05) is 92.2 Å². The van der Waals surface area contributed by atoms with Crippen LogP contribution in [0.4, 0.5) is 0 Å². The molecule has 18 nitrogen and oxygen atoms in total. The number of aryl methyl sites for hydroxylation is 1. The van der Waals surface area contributed by atoms with Crippen LogP contribution in [0.5, 0.6) is 0 Å². The van der Waals surface area contributed by atoms with Crippen LogP contribution in [0.3, 0.4) is 0 Å². The molecule has 1 heterocycles. The van der Waals surface area contributed by atoms with Gasteiger partial charge in [-0.15, -0.1) is 0 Å². The van der Waals surface area contributed by atoms with Gasteiger partial charge in [0.25, 0.3) is 0 Å².